The second kappa shape index (κ2) is 5.75. The Morgan fingerprint density at radius 3 is 2.94 bits per heavy atom. The van der Waals surface area contributed by atoms with Crippen molar-refractivity contribution in [3.8, 4) is 10.7 Å². The molecule has 2 aromatic heterocycles. The van der Waals surface area contributed by atoms with Crippen molar-refractivity contribution >= 4 is 27.3 Å². The normalized spacial score (nSPS) is 12.9. The lowest BCUT2D eigenvalue weighted by atomic mass is 10.0. The average Bonchev–Trinajstić information content (AvgIpc) is 2.94. The molecule has 2 rings (SSSR count). The lowest BCUT2D eigenvalue weighted by Crippen LogP contribution is -2.15. The highest BCUT2D eigenvalue weighted by Gasteiger charge is 2.14. The first kappa shape index (κ1) is 12.7. The number of rotatable bonds is 5. The minimum Gasteiger partial charge on any atom is -0.339 e. The Morgan fingerprint density at radius 2 is 2.35 bits per heavy atom. The van der Waals surface area contributed by atoms with Gasteiger partial charge in [-0.05, 0) is 40.5 Å². The van der Waals surface area contributed by atoms with Gasteiger partial charge < -0.3 is 10.3 Å². The highest BCUT2D eigenvalue weighted by Crippen LogP contribution is 2.29. The van der Waals surface area contributed by atoms with Crippen molar-refractivity contribution in [2.45, 2.75) is 19.8 Å². The van der Waals surface area contributed by atoms with Gasteiger partial charge in [0.25, 0.3) is 0 Å². The van der Waals surface area contributed by atoms with Crippen LogP contribution >= 0.6 is 27.3 Å². The molecule has 2 heterocycles. The van der Waals surface area contributed by atoms with Crippen molar-refractivity contribution in [2.24, 2.45) is 11.7 Å². The van der Waals surface area contributed by atoms with Crippen LogP contribution in [0.25, 0.3) is 10.7 Å². The molecule has 0 radical (unpaired) electrons. The first-order valence-corrected chi connectivity index (χ1v) is 7.12. The van der Waals surface area contributed by atoms with Crippen LogP contribution in [-0.2, 0) is 6.42 Å². The maximum absolute atomic E-state index is 5.66. The lowest BCUT2D eigenvalue weighted by Gasteiger charge is -2.07. The van der Waals surface area contributed by atoms with Crippen LogP contribution in [0.15, 0.2) is 20.4 Å². The molecule has 4 nitrogen and oxygen atoms in total. The van der Waals surface area contributed by atoms with Gasteiger partial charge in [0.05, 0.1) is 8.66 Å². The summed E-state index contributed by atoms with van der Waals surface area (Å²) < 4.78 is 6.30. The highest BCUT2D eigenvalue weighted by molar-refractivity contribution is 9.11. The first-order valence-electron chi connectivity index (χ1n) is 5.51. The van der Waals surface area contributed by atoms with Crippen LogP contribution in [0, 0.1) is 5.92 Å². The fourth-order valence-corrected chi connectivity index (χ4v) is 2.83. The van der Waals surface area contributed by atoms with Crippen LogP contribution in [0.1, 0.15) is 19.2 Å². The van der Waals surface area contributed by atoms with Crippen molar-refractivity contribution in [3.05, 3.63) is 21.8 Å². The number of halogens is 1. The molecule has 0 spiro atoms. The number of nitrogens with zero attached hydrogens (tertiary/aromatic N) is 2. The van der Waals surface area contributed by atoms with Gasteiger partial charge in [0.2, 0.25) is 11.7 Å². The van der Waals surface area contributed by atoms with Crippen LogP contribution < -0.4 is 5.73 Å². The summed E-state index contributed by atoms with van der Waals surface area (Å²) in [5.41, 5.74) is 5.66. The monoisotopic (exact) mass is 315 g/mol. The Kier molecular flexibility index (Phi) is 4.31. The SMILES string of the molecule is CCC(CN)Cc1nc(-c2ccc(Br)s2)no1. The summed E-state index contributed by atoms with van der Waals surface area (Å²) in [7, 11) is 0. The fourth-order valence-electron chi connectivity index (χ4n) is 1.51. The van der Waals surface area contributed by atoms with Crippen LogP contribution in [0.2, 0.25) is 0 Å². The van der Waals surface area contributed by atoms with Crippen molar-refractivity contribution in [2.75, 3.05) is 6.54 Å². The number of hydrogen-bond acceptors (Lipinski definition) is 5. The summed E-state index contributed by atoms with van der Waals surface area (Å²) in [5, 5.41) is 3.98. The molecule has 17 heavy (non-hydrogen) atoms. The van der Waals surface area contributed by atoms with E-state index in [0.29, 0.717) is 24.2 Å². The molecule has 92 valence electrons. The molecule has 0 aromatic carbocycles. The molecule has 0 fully saturated rings. The van der Waals surface area contributed by atoms with Crippen molar-refractivity contribution < 1.29 is 4.52 Å². The first-order chi connectivity index (χ1) is 8.22. The van der Waals surface area contributed by atoms with E-state index in [0.717, 1.165) is 21.5 Å². The lowest BCUT2D eigenvalue weighted by molar-refractivity contribution is 0.351. The van der Waals surface area contributed by atoms with Gasteiger partial charge in [-0.15, -0.1) is 11.3 Å². The van der Waals surface area contributed by atoms with E-state index in [1.165, 1.54) is 0 Å². The second-order valence-corrected chi connectivity index (χ2v) is 6.29. The van der Waals surface area contributed by atoms with E-state index in [1.807, 2.05) is 12.1 Å². The zero-order valence-electron chi connectivity index (χ0n) is 9.52. The third-order valence-electron chi connectivity index (χ3n) is 2.64. The zero-order valence-corrected chi connectivity index (χ0v) is 11.9. The Bertz CT molecular complexity index is 479. The summed E-state index contributed by atoms with van der Waals surface area (Å²) in [6.45, 7) is 2.77. The predicted molar refractivity (Wildman–Crippen MR) is 71.9 cm³/mol. The molecule has 1 atom stereocenters. The zero-order chi connectivity index (χ0) is 12.3. The van der Waals surface area contributed by atoms with Gasteiger partial charge in [-0.1, -0.05) is 18.5 Å². The van der Waals surface area contributed by atoms with Gasteiger partial charge in [-0.25, -0.2) is 0 Å². The summed E-state index contributed by atoms with van der Waals surface area (Å²) in [6.07, 6.45) is 1.78. The van der Waals surface area contributed by atoms with Gasteiger partial charge >= 0.3 is 0 Å². The average molecular weight is 316 g/mol. The molecule has 1 unspecified atom stereocenters. The van der Waals surface area contributed by atoms with E-state index in [9.17, 15) is 0 Å². The van der Waals surface area contributed by atoms with Crippen LogP contribution in [0.5, 0.6) is 0 Å². The highest BCUT2D eigenvalue weighted by atomic mass is 79.9. The molecule has 0 aliphatic heterocycles. The maximum Gasteiger partial charge on any atom is 0.227 e. The van der Waals surface area contributed by atoms with Crippen molar-refractivity contribution in [1.82, 2.24) is 10.1 Å². The molecule has 0 bridgehead atoms. The number of thiophene rings is 1. The number of nitrogens with two attached hydrogens (primary N) is 1. The molecule has 6 heteroatoms. The van der Waals surface area contributed by atoms with Gasteiger partial charge in [-0.3, -0.25) is 0 Å². The minimum absolute atomic E-state index is 0.415. The van der Waals surface area contributed by atoms with E-state index in [1.54, 1.807) is 11.3 Å². The minimum atomic E-state index is 0.415. The largest absolute Gasteiger partial charge is 0.339 e. The predicted octanol–water partition coefficient (Wildman–Crippen LogP) is 3.09. The summed E-state index contributed by atoms with van der Waals surface area (Å²) in [6, 6.07) is 3.95. The third kappa shape index (κ3) is 3.14. The van der Waals surface area contributed by atoms with Crippen molar-refractivity contribution in [1.29, 1.82) is 0 Å². The Hall–Kier alpha value is -0.720. The summed E-state index contributed by atoms with van der Waals surface area (Å²) in [5.74, 6) is 1.74. The maximum atomic E-state index is 5.66. The van der Waals surface area contributed by atoms with Gasteiger partial charge in [0.1, 0.15) is 0 Å². The van der Waals surface area contributed by atoms with Crippen LogP contribution in [-0.4, -0.2) is 16.7 Å². The third-order valence-corrected chi connectivity index (χ3v) is 4.26. The summed E-state index contributed by atoms with van der Waals surface area (Å²) in [4.78, 5) is 5.39. The Balaban J connectivity index is 2.10. The van der Waals surface area contributed by atoms with Crippen LogP contribution in [0.3, 0.4) is 0 Å². The second-order valence-electron chi connectivity index (χ2n) is 3.83. The number of hydrogen-bond donors (Lipinski definition) is 1. The van der Waals surface area contributed by atoms with E-state index in [2.05, 4.69) is 33.0 Å². The van der Waals surface area contributed by atoms with Crippen molar-refractivity contribution in [3.63, 3.8) is 0 Å². The van der Waals surface area contributed by atoms with Gasteiger partial charge in [0, 0.05) is 6.42 Å². The topological polar surface area (TPSA) is 64.9 Å². The molecule has 0 aliphatic carbocycles. The molecular formula is C11H14BrN3OS. The van der Waals surface area contributed by atoms with E-state index >= 15 is 0 Å². The molecule has 2 aromatic rings. The van der Waals surface area contributed by atoms with Gasteiger partial charge in [0.15, 0.2) is 0 Å². The smallest absolute Gasteiger partial charge is 0.227 e. The van der Waals surface area contributed by atoms with Crippen LogP contribution in [0.4, 0.5) is 0 Å². The standard InChI is InChI=1S/C11H14BrN3OS/c1-2-7(6-13)5-10-14-11(15-16-10)8-3-4-9(12)17-8/h3-4,7H,2,5-6,13H2,1H3. The summed E-state index contributed by atoms with van der Waals surface area (Å²) >= 11 is 5.01. The van der Waals surface area contributed by atoms with E-state index in [4.69, 9.17) is 10.3 Å². The van der Waals surface area contributed by atoms with E-state index in [-0.39, 0.29) is 0 Å². The molecule has 2 N–H and O–H groups in total. The molecule has 0 aliphatic rings. The van der Waals surface area contributed by atoms with E-state index < -0.39 is 0 Å². The molecular weight excluding hydrogens is 302 g/mol. The molecule has 0 saturated carbocycles. The molecule has 0 saturated heterocycles. The Morgan fingerprint density at radius 1 is 1.53 bits per heavy atom. The molecule has 0 amide bonds. The quantitative estimate of drug-likeness (QED) is 0.920. The van der Waals surface area contributed by atoms with Gasteiger partial charge in [-0.2, -0.15) is 4.98 Å². The Labute approximate surface area is 112 Å². The fraction of sp³-hybridized carbons (Fsp3) is 0.455. The number of aromatic nitrogens is 2.